The summed E-state index contributed by atoms with van der Waals surface area (Å²) in [7, 11) is 0. The van der Waals surface area contributed by atoms with Crippen LogP contribution in [0.5, 0.6) is 0 Å². The average molecular weight is 285 g/mol. The van der Waals surface area contributed by atoms with Crippen LogP contribution in [0, 0.1) is 0 Å². The molecule has 0 aliphatic carbocycles. The lowest BCUT2D eigenvalue weighted by molar-refractivity contribution is 0.0529. The molecule has 1 atom stereocenters. The summed E-state index contributed by atoms with van der Waals surface area (Å²) in [5.41, 5.74) is 1.10. The molecule has 0 bridgehead atoms. The summed E-state index contributed by atoms with van der Waals surface area (Å²) in [5.74, 6) is 1.63. The molecule has 3 rings (SSSR count). The Morgan fingerprint density at radius 1 is 1.29 bits per heavy atom. The van der Waals surface area contributed by atoms with Crippen molar-refractivity contribution in [3.63, 3.8) is 0 Å². The zero-order valence-electron chi connectivity index (χ0n) is 12.1. The Hall–Kier alpha value is -2.21. The molecule has 0 amide bonds. The highest BCUT2D eigenvalue weighted by molar-refractivity contribution is 5.40. The Balaban J connectivity index is 1.59. The molecule has 2 aromatic heterocycles. The van der Waals surface area contributed by atoms with Crippen LogP contribution < -0.4 is 10.2 Å². The Morgan fingerprint density at radius 3 is 2.86 bits per heavy atom. The van der Waals surface area contributed by atoms with Crippen LogP contribution in [0.2, 0.25) is 0 Å². The first-order valence-electron chi connectivity index (χ1n) is 7.13. The van der Waals surface area contributed by atoms with Crippen molar-refractivity contribution in [1.29, 1.82) is 0 Å². The van der Waals surface area contributed by atoms with Crippen LogP contribution in [0.15, 0.2) is 36.8 Å². The molecular formula is C15H19N5O. The Bertz CT molecular complexity index is 560. The predicted octanol–water partition coefficient (Wildman–Crippen LogP) is 1.71. The topological polar surface area (TPSA) is 63.2 Å². The van der Waals surface area contributed by atoms with Gasteiger partial charge >= 0.3 is 0 Å². The molecule has 6 heteroatoms. The number of pyridine rings is 1. The molecule has 0 saturated carbocycles. The van der Waals surface area contributed by atoms with E-state index in [0.29, 0.717) is 12.5 Å². The molecule has 0 unspecified atom stereocenters. The lowest BCUT2D eigenvalue weighted by atomic mass is 10.2. The molecule has 0 aromatic carbocycles. The zero-order chi connectivity index (χ0) is 14.5. The second-order valence-electron chi connectivity index (χ2n) is 5.08. The number of rotatable bonds is 4. The zero-order valence-corrected chi connectivity index (χ0v) is 12.1. The minimum atomic E-state index is 0.261. The van der Waals surface area contributed by atoms with E-state index in [1.807, 2.05) is 6.20 Å². The van der Waals surface area contributed by atoms with Gasteiger partial charge in [0, 0.05) is 38.2 Å². The molecule has 0 radical (unpaired) electrons. The van der Waals surface area contributed by atoms with Crippen molar-refractivity contribution in [2.24, 2.45) is 0 Å². The van der Waals surface area contributed by atoms with Crippen LogP contribution >= 0.6 is 0 Å². The van der Waals surface area contributed by atoms with Gasteiger partial charge in [0.25, 0.3) is 0 Å². The molecule has 0 spiro atoms. The normalized spacial score (nSPS) is 18.5. The van der Waals surface area contributed by atoms with Gasteiger partial charge in [-0.05, 0) is 24.6 Å². The van der Waals surface area contributed by atoms with Gasteiger partial charge in [-0.15, -0.1) is 0 Å². The standard InChI is InChI=1S/C15H19N5O/c1-12-11-20(7-8-21-12)14-4-3-13(9-18-14)10-19-15-16-5-2-6-17-15/h2-6,9,12H,7-8,10-11H2,1H3,(H,16,17,19)/t12-/m0/s1. The first-order valence-corrected chi connectivity index (χ1v) is 7.13. The van der Waals surface area contributed by atoms with Crippen molar-refractivity contribution in [3.05, 3.63) is 42.4 Å². The van der Waals surface area contributed by atoms with Crippen molar-refractivity contribution in [2.75, 3.05) is 29.9 Å². The first-order chi connectivity index (χ1) is 10.3. The molecule has 110 valence electrons. The number of nitrogens with zero attached hydrogens (tertiary/aromatic N) is 4. The number of hydrogen-bond donors (Lipinski definition) is 1. The van der Waals surface area contributed by atoms with Gasteiger partial charge in [-0.2, -0.15) is 0 Å². The maximum Gasteiger partial charge on any atom is 0.222 e. The van der Waals surface area contributed by atoms with Crippen molar-refractivity contribution in [3.8, 4) is 0 Å². The van der Waals surface area contributed by atoms with E-state index in [0.717, 1.165) is 31.1 Å². The molecular weight excluding hydrogens is 266 g/mol. The highest BCUT2D eigenvalue weighted by atomic mass is 16.5. The molecule has 3 heterocycles. The third-order valence-corrected chi connectivity index (χ3v) is 3.39. The third-order valence-electron chi connectivity index (χ3n) is 3.39. The SMILES string of the molecule is C[C@H]1CN(c2ccc(CNc3ncccn3)cn2)CCO1. The number of morpholine rings is 1. The Labute approximate surface area is 124 Å². The van der Waals surface area contributed by atoms with Gasteiger partial charge in [0.1, 0.15) is 5.82 Å². The highest BCUT2D eigenvalue weighted by Crippen LogP contribution is 2.15. The minimum absolute atomic E-state index is 0.261. The summed E-state index contributed by atoms with van der Waals surface area (Å²) in [5, 5.41) is 3.17. The van der Waals surface area contributed by atoms with Crippen LogP contribution in [0.25, 0.3) is 0 Å². The minimum Gasteiger partial charge on any atom is -0.375 e. The summed E-state index contributed by atoms with van der Waals surface area (Å²) in [6, 6.07) is 5.93. The van der Waals surface area contributed by atoms with Crippen molar-refractivity contribution >= 4 is 11.8 Å². The van der Waals surface area contributed by atoms with Gasteiger partial charge in [-0.1, -0.05) is 6.07 Å². The van der Waals surface area contributed by atoms with E-state index < -0.39 is 0 Å². The van der Waals surface area contributed by atoms with E-state index in [4.69, 9.17) is 4.74 Å². The molecule has 1 fully saturated rings. The van der Waals surface area contributed by atoms with Gasteiger partial charge in [-0.25, -0.2) is 15.0 Å². The summed E-state index contributed by atoms with van der Waals surface area (Å²) >= 11 is 0. The first kappa shape index (κ1) is 13.8. The largest absolute Gasteiger partial charge is 0.375 e. The van der Waals surface area contributed by atoms with Crippen LogP contribution in [-0.2, 0) is 11.3 Å². The summed E-state index contributed by atoms with van der Waals surface area (Å²) in [6.45, 7) is 5.30. The number of hydrogen-bond acceptors (Lipinski definition) is 6. The lowest BCUT2D eigenvalue weighted by Gasteiger charge is -2.32. The smallest absolute Gasteiger partial charge is 0.222 e. The van der Waals surface area contributed by atoms with Crippen LogP contribution in [0.1, 0.15) is 12.5 Å². The molecule has 1 aliphatic rings. The number of anilines is 2. The van der Waals surface area contributed by atoms with Crippen molar-refractivity contribution in [1.82, 2.24) is 15.0 Å². The maximum absolute atomic E-state index is 5.55. The maximum atomic E-state index is 5.55. The van der Waals surface area contributed by atoms with Gasteiger partial charge in [0.15, 0.2) is 0 Å². The van der Waals surface area contributed by atoms with E-state index in [2.05, 4.69) is 44.2 Å². The average Bonchev–Trinajstić information content (AvgIpc) is 2.54. The second-order valence-corrected chi connectivity index (χ2v) is 5.08. The summed E-state index contributed by atoms with van der Waals surface area (Å²) < 4.78 is 5.55. The van der Waals surface area contributed by atoms with E-state index in [9.17, 15) is 0 Å². The van der Waals surface area contributed by atoms with Crippen LogP contribution in [0.4, 0.5) is 11.8 Å². The predicted molar refractivity (Wildman–Crippen MR) is 81.2 cm³/mol. The summed E-state index contributed by atoms with van der Waals surface area (Å²) in [4.78, 5) is 15.1. The molecule has 21 heavy (non-hydrogen) atoms. The van der Waals surface area contributed by atoms with Crippen LogP contribution in [-0.4, -0.2) is 40.8 Å². The van der Waals surface area contributed by atoms with E-state index in [1.165, 1.54) is 0 Å². The monoisotopic (exact) mass is 285 g/mol. The highest BCUT2D eigenvalue weighted by Gasteiger charge is 2.17. The van der Waals surface area contributed by atoms with Gasteiger partial charge in [0.2, 0.25) is 5.95 Å². The lowest BCUT2D eigenvalue weighted by Crippen LogP contribution is -2.41. The summed E-state index contributed by atoms with van der Waals surface area (Å²) in [6.07, 6.45) is 5.59. The number of nitrogens with one attached hydrogen (secondary N) is 1. The molecule has 6 nitrogen and oxygen atoms in total. The van der Waals surface area contributed by atoms with Gasteiger partial charge in [-0.3, -0.25) is 0 Å². The Morgan fingerprint density at radius 2 is 2.14 bits per heavy atom. The quantitative estimate of drug-likeness (QED) is 0.922. The molecule has 1 saturated heterocycles. The fourth-order valence-corrected chi connectivity index (χ4v) is 2.31. The van der Waals surface area contributed by atoms with Crippen LogP contribution in [0.3, 0.4) is 0 Å². The molecule has 1 aliphatic heterocycles. The van der Waals surface area contributed by atoms with Gasteiger partial charge in [0.05, 0.1) is 12.7 Å². The fourth-order valence-electron chi connectivity index (χ4n) is 2.31. The van der Waals surface area contributed by atoms with Gasteiger partial charge < -0.3 is 15.0 Å². The number of aromatic nitrogens is 3. The Kier molecular flexibility index (Phi) is 4.25. The van der Waals surface area contributed by atoms with Crippen molar-refractivity contribution < 1.29 is 4.74 Å². The molecule has 1 N–H and O–H groups in total. The molecule has 2 aromatic rings. The number of ether oxygens (including phenoxy) is 1. The van der Waals surface area contributed by atoms with E-state index in [-0.39, 0.29) is 6.10 Å². The second kappa shape index (κ2) is 6.49. The third kappa shape index (κ3) is 3.66. The van der Waals surface area contributed by atoms with E-state index >= 15 is 0 Å². The van der Waals surface area contributed by atoms with Crippen molar-refractivity contribution in [2.45, 2.75) is 19.6 Å². The van der Waals surface area contributed by atoms with E-state index in [1.54, 1.807) is 18.5 Å². The fraction of sp³-hybridized carbons (Fsp3) is 0.400.